The molecule has 2 aliphatic heterocycles. The Labute approximate surface area is 113 Å². The summed E-state index contributed by atoms with van der Waals surface area (Å²) in [4.78, 5) is 2.68. The number of nitrogens with zero attached hydrogens (tertiary/aromatic N) is 1. The van der Waals surface area contributed by atoms with Crippen molar-refractivity contribution in [2.24, 2.45) is 5.92 Å². The molecule has 3 aliphatic rings. The molecule has 0 spiro atoms. The SMILES string of the molecule is Clc1ccc2c(c1)N1C(CN2)CC2CCCCC21. The van der Waals surface area contributed by atoms with Gasteiger partial charge in [-0.2, -0.15) is 0 Å². The fourth-order valence-corrected chi connectivity index (χ4v) is 4.38. The van der Waals surface area contributed by atoms with E-state index in [0.29, 0.717) is 6.04 Å². The van der Waals surface area contributed by atoms with E-state index < -0.39 is 0 Å². The number of hydrogen-bond acceptors (Lipinski definition) is 2. The zero-order chi connectivity index (χ0) is 12.1. The average molecular weight is 263 g/mol. The average Bonchev–Trinajstić information content (AvgIpc) is 2.77. The number of benzene rings is 1. The summed E-state index contributed by atoms with van der Waals surface area (Å²) in [6.07, 6.45) is 6.98. The second-order valence-corrected chi connectivity index (χ2v) is 6.39. The van der Waals surface area contributed by atoms with Crippen molar-refractivity contribution in [1.29, 1.82) is 0 Å². The van der Waals surface area contributed by atoms with Gasteiger partial charge in [0.05, 0.1) is 11.4 Å². The Morgan fingerprint density at radius 1 is 1.22 bits per heavy atom. The molecule has 0 radical (unpaired) electrons. The molecule has 1 saturated carbocycles. The van der Waals surface area contributed by atoms with Crippen LogP contribution in [0.15, 0.2) is 18.2 Å². The normalized spacial score (nSPS) is 33.4. The standard InChI is InChI=1S/C15H19ClN2/c16-11-5-6-13-15(8-11)18-12(9-17-13)7-10-3-1-2-4-14(10)18/h5-6,8,10,12,14,17H,1-4,7,9H2. The molecule has 2 nitrogen and oxygen atoms in total. The van der Waals surface area contributed by atoms with Gasteiger partial charge in [0.25, 0.3) is 0 Å². The molecular formula is C15H19ClN2. The first kappa shape index (κ1) is 11.0. The molecule has 1 aromatic carbocycles. The highest BCUT2D eigenvalue weighted by Gasteiger charge is 2.44. The first-order chi connectivity index (χ1) is 8.83. The summed E-state index contributed by atoms with van der Waals surface area (Å²) >= 11 is 6.19. The second-order valence-electron chi connectivity index (χ2n) is 5.95. The summed E-state index contributed by atoms with van der Waals surface area (Å²) in [5, 5.41) is 4.43. The van der Waals surface area contributed by atoms with E-state index in [1.807, 2.05) is 6.07 Å². The molecule has 0 bridgehead atoms. The van der Waals surface area contributed by atoms with Gasteiger partial charge in [-0.3, -0.25) is 0 Å². The summed E-state index contributed by atoms with van der Waals surface area (Å²) in [6, 6.07) is 7.71. The van der Waals surface area contributed by atoms with Gasteiger partial charge in [0.15, 0.2) is 0 Å². The molecule has 1 aliphatic carbocycles. The Balaban J connectivity index is 1.76. The van der Waals surface area contributed by atoms with Crippen LogP contribution < -0.4 is 10.2 Å². The Morgan fingerprint density at radius 2 is 2.11 bits per heavy atom. The fourth-order valence-electron chi connectivity index (χ4n) is 4.22. The highest BCUT2D eigenvalue weighted by atomic mass is 35.5. The second kappa shape index (κ2) is 4.06. The van der Waals surface area contributed by atoms with E-state index in [9.17, 15) is 0 Å². The first-order valence-corrected chi connectivity index (χ1v) is 7.52. The summed E-state index contributed by atoms with van der Waals surface area (Å²) in [5.41, 5.74) is 2.61. The maximum atomic E-state index is 6.19. The van der Waals surface area contributed by atoms with E-state index in [4.69, 9.17) is 11.6 Å². The van der Waals surface area contributed by atoms with Gasteiger partial charge in [-0.05, 0) is 43.4 Å². The van der Waals surface area contributed by atoms with Crippen LogP contribution in [-0.2, 0) is 0 Å². The van der Waals surface area contributed by atoms with Gasteiger partial charge in [0, 0.05) is 23.7 Å². The molecule has 0 aromatic heterocycles. The molecule has 1 saturated heterocycles. The van der Waals surface area contributed by atoms with Gasteiger partial charge < -0.3 is 10.2 Å². The van der Waals surface area contributed by atoms with Crippen molar-refractivity contribution in [2.45, 2.75) is 44.2 Å². The molecule has 4 rings (SSSR count). The highest BCUT2D eigenvalue weighted by Crippen LogP contribution is 2.46. The topological polar surface area (TPSA) is 15.3 Å². The van der Waals surface area contributed by atoms with Crippen molar-refractivity contribution < 1.29 is 0 Å². The summed E-state index contributed by atoms with van der Waals surface area (Å²) in [6.45, 7) is 1.10. The molecule has 3 unspecified atom stereocenters. The molecule has 2 heterocycles. The number of fused-ring (bicyclic) bond motifs is 5. The largest absolute Gasteiger partial charge is 0.381 e. The van der Waals surface area contributed by atoms with Crippen LogP contribution in [0.5, 0.6) is 0 Å². The molecule has 2 fully saturated rings. The Morgan fingerprint density at radius 3 is 3.06 bits per heavy atom. The third kappa shape index (κ3) is 1.55. The third-order valence-corrected chi connectivity index (χ3v) is 5.20. The predicted molar refractivity (Wildman–Crippen MR) is 76.6 cm³/mol. The first-order valence-electron chi connectivity index (χ1n) is 7.15. The molecule has 3 atom stereocenters. The summed E-state index contributed by atoms with van der Waals surface area (Å²) in [5.74, 6) is 0.912. The van der Waals surface area contributed by atoms with E-state index in [0.717, 1.165) is 23.5 Å². The fraction of sp³-hybridized carbons (Fsp3) is 0.600. The van der Waals surface area contributed by atoms with E-state index in [1.165, 1.54) is 43.5 Å². The molecule has 96 valence electrons. The lowest BCUT2D eigenvalue weighted by Gasteiger charge is -2.40. The van der Waals surface area contributed by atoms with E-state index >= 15 is 0 Å². The van der Waals surface area contributed by atoms with E-state index in [1.54, 1.807) is 0 Å². The Kier molecular flexibility index (Phi) is 2.47. The van der Waals surface area contributed by atoms with Gasteiger partial charge in [0.2, 0.25) is 0 Å². The van der Waals surface area contributed by atoms with E-state index in [2.05, 4.69) is 22.3 Å². The maximum Gasteiger partial charge on any atom is 0.0622 e. The quantitative estimate of drug-likeness (QED) is 0.763. The Bertz CT molecular complexity index is 474. The highest BCUT2D eigenvalue weighted by molar-refractivity contribution is 6.31. The van der Waals surface area contributed by atoms with Crippen LogP contribution in [0, 0.1) is 5.92 Å². The molecule has 18 heavy (non-hydrogen) atoms. The van der Waals surface area contributed by atoms with Gasteiger partial charge in [-0.15, -0.1) is 0 Å². The van der Waals surface area contributed by atoms with Crippen molar-refractivity contribution in [3.63, 3.8) is 0 Å². The van der Waals surface area contributed by atoms with Gasteiger partial charge in [0.1, 0.15) is 0 Å². The number of hydrogen-bond donors (Lipinski definition) is 1. The molecule has 3 heteroatoms. The van der Waals surface area contributed by atoms with Gasteiger partial charge in [-0.1, -0.05) is 24.4 Å². The van der Waals surface area contributed by atoms with Crippen LogP contribution in [0.1, 0.15) is 32.1 Å². The van der Waals surface area contributed by atoms with Crippen molar-refractivity contribution in [1.82, 2.24) is 0 Å². The third-order valence-electron chi connectivity index (χ3n) is 4.96. The number of nitrogens with one attached hydrogen (secondary N) is 1. The lowest BCUT2D eigenvalue weighted by atomic mass is 9.85. The minimum Gasteiger partial charge on any atom is -0.381 e. The number of rotatable bonds is 0. The van der Waals surface area contributed by atoms with E-state index in [-0.39, 0.29) is 0 Å². The molecule has 0 amide bonds. The maximum absolute atomic E-state index is 6.19. The van der Waals surface area contributed by atoms with Crippen molar-refractivity contribution >= 4 is 23.0 Å². The van der Waals surface area contributed by atoms with Crippen molar-refractivity contribution in [2.75, 3.05) is 16.8 Å². The lowest BCUT2D eigenvalue weighted by molar-refractivity contribution is 0.342. The number of anilines is 2. The monoisotopic (exact) mass is 262 g/mol. The van der Waals surface area contributed by atoms with Crippen LogP contribution in [-0.4, -0.2) is 18.6 Å². The van der Waals surface area contributed by atoms with Gasteiger partial charge in [-0.25, -0.2) is 0 Å². The molecule has 1 N–H and O–H groups in total. The summed E-state index contributed by atoms with van der Waals surface area (Å²) < 4.78 is 0. The minimum absolute atomic E-state index is 0.684. The van der Waals surface area contributed by atoms with Crippen molar-refractivity contribution in [3.8, 4) is 0 Å². The lowest BCUT2D eigenvalue weighted by Crippen LogP contribution is -2.44. The van der Waals surface area contributed by atoms with Gasteiger partial charge >= 0.3 is 0 Å². The summed E-state index contributed by atoms with van der Waals surface area (Å²) in [7, 11) is 0. The van der Waals surface area contributed by atoms with Crippen LogP contribution in [0.25, 0.3) is 0 Å². The predicted octanol–water partition coefficient (Wildman–Crippen LogP) is 3.90. The van der Waals surface area contributed by atoms with Crippen LogP contribution in [0.4, 0.5) is 11.4 Å². The molecule has 1 aromatic rings. The van der Waals surface area contributed by atoms with Crippen LogP contribution in [0.3, 0.4) is 0 Å². The smallest absolute Gasteiger partial charge is 0.0622 e. The zero-order valence-electron chi connectivity index (χ0n) is 10.5. The Hall–Kier alpha value is -0.890. The van der Waals surface area contributed by atoms with Crippen LogP contribution in [0.2, 0.25) is 5.02 Å². The minimum atomic E-state index is 0.684. The number of halogens is 1. The molecular weight excluding hydrogens is 244 g/mol. The van der Waals surface area contributed by atoms with Crippen LogP contribution >= 0.6 is 11.6 Å². The zero-order valence-corrected chi connectivity index (χ0v) is 11.3. The van der Waals surface area contributed by atoms with Crippen molar-refractivity contribution in [3.05, 3.63) is 23.2 Å².